The van der Waals surface area contributed by atoms with Crippen molar-refractivity contribution in [2.45, 2.75) is 13.8 Å². The van der Waals surface area contributed by atoms with E-state index in [4.69, 9.17) is 4.42 Å². The number of furan rings is 1. The molecule has 1 saturated heterocycles. The lowest BCUT2D eigenvalue weighted by atomic mass is 10.1. The fraction of sp³-hybridized carbons (Fsp3) is 0.273. The minimum atomic E-state index is -0.416. The molecule has 1 fully saturated rings. The maximum Gasteiger partial charge on any atom is 0.290 e. The van der Waals surface area contributed by atoms with Crippen LogP contribution in [0.1, 0.15) is 33.4 Å². The van der Waals surface area contributed by atoms with Gasteiger partial charge in [0.25, 0.3) is 5.91 Å². The van der Waals surface area contributed by atoms with Crippen molar-refractivity contribution in [3.63, 3.8) is 0 Å². The average Bonchev–Trinajstić information content (AvgIpc) is 3.04. The Balaban J connectivity index is 1.48. The summed E-state index contributed by atoms with van der Waals surface area (Å²) in [6.45, 7) is 5.29. The van der Waals surface area contributed by atoms with Gasteiger partial charge in [-0.05, 0) is 38.1 Å². The van der Waals surface area contributed by atoms with Crippen LogP contribution in [0.3, 0.4) is 0 Å². The highest BCUT2D eigenvalue weighted by Crippen LogP contribution is 2.27. The van der Waals surface area contributed by atoms with E-state index in [-0.39, 0.29) is 11.7 Å². The number of halogens is 1. The summed E-state index contributed by atoms with van der Waals surface area (Å²) in [5.41, 5.74) is 2.36. The summed E-state index contributed by atoms with van der Waals surface area (Å²) in [4.78, 5) is 28.0. The second kappa shape index (κ2) is 7.11. The summed E-state index contributed by atoms with van der Waals surface area (Å²) in [5, 5.41) is 0.942. The molecule has 5 nitrogen and oxygen atoms in total. The molecular formula is C22H21FN2O3. The van der Waals surface area contributed by atoms with Crippen LogP contribution in [0.5, 0.6) is 0 Å². The third kappa shape index (κ3) is 3.15. The lowest BCUT2D eigenvalue weighted by molar-refractivity contribution is 0.0715. The summed E-state index contributed by atoms with van der Waals surface area (Å²) in [5.74, 6) is -0.352. The minimum absolute atomic E-state index is 0.138. The van der Waals surface area contributed by atoms with E-state index in [2.05, 4.69) is 0 Å². The van der Waals surface area contributed by atoms with Gasteiger partial charge in [0.2, 0.25) is 0 Å². The van der Waals surface area contributed by atoms with Gasteiger partial charge in [0.15, 0.2) is 11.5 Å². The Morgan fingerprint density at radius 3 is 2.39 bits per heavy atom. The van der Waals surface area contributed by atoms with Crippen LogP contribution in [-0.2, 0) is 0 Å². The molecule has 1 aromatic heterocycles. The molecule has 0 aliphatic carbocycles. The van der Waals surface area contributed by atoms with Crippen LogP contribution in [0.15, 0.2) is 46.9 Å². The molecule has 28 heavy (non-hydrogen) atoms. The molecule has 2 heterocycles. The van der Waals surface area contributed by atoms with Crippen molar-refractivity contribution in [1.82, 2.24) is 4.90 Å². The predicted octanol–water partition coefficient (Wildman–Crippen LogP) is 4.05. The van der Waals surface area contributed by atoms with E-state index in [1.807, 2.05) is 36.1 Å². The zero-order valence-corrected chi connectivity index (χ0v) is 15.9. The van der Waals surface area contributed by atoms with Crippen molar-refractivity contribution in [3.05, 3.63) is 65.2 Å². The largest absolute Gasteiger partial charge is 0.451 e. The number of nitrogens with zero attached hydrogens (tertiary/aromatic N) is 2. The normalized spacial score (nSPS) is 14.5. The van der Waals surface area contributed by atoms with E-state index in [9.17, 15) is 14.0 Å². The molecule has 0 unspecified atom stereocenters. The molecule has 0 radical (unpaired) electrons. The van der Waals surface area contributed by atoms with E-state index in [0.717, 1.165) is 10.9 Å². The topological polar surface area (TPSA) is 53.8 Å². The number of hydrogen-bond acceptors (Lipinski definition) is 4. The molecular weight excluding hydrogens is 359 g/mol. The number of aryl methyl sites for hydroxylation is 1. The Labute approximate surface area is 162 Å². The van der Waals surface area contributed by atoms with Crippen LogP contribution in [-0.4, -0.2) is 42.8 Å². The lowest BCUT2D eigenvalue weighted by Crippen LogP contribution is -2.49. The fourth-order valence-corrected chi connectivity index (χ4v) is 3.65. The maximum absolute atomic E-state index is 14.4. The summed E-state index contributed by atoms with van der Waals surface area (Å²) >= 11 is 0. The molecule has 2 aromatic carbocycles. The number of Topliss-reactive ketones (excluding diaryl/α,β-unsaturated/α-hetero) is 1. The number of fused-ring (bicyclic) bond motifs is 1. The molecule has 144 valence electrons. The molecule has 0 N–H and O–H groups in total. The van der Waals surface area contributed by atoms with Crippen LogP contribution >= 0.6 is 0 Å². The summed E-state index contributed by atoms with van der Waals surface area (Å²) in [6.07, 6.45) is 0. The number of carbonyl (C=O) groups is 2. The maximum atomic E-state index is 14.4. The van der Waals surface area contributed by atoms with Gasteiger partial charge in [-0.1, -0.05) is 18.2 Å². The van der Waals surface area contributed by atoms with Crippen LogP contribution in [0.25, 0.3) is 11.0 Å². The van der Waals surface area contributed by atoms with Gasteiger partial charge in [0, 0.05) is 42.7 Å². The highest BCUT2D eigenvalue weighted by Gasteiger charge is 2.27. The second-order valence-electron chi connectivity index (χ2n) is 7.05. The second-order valence-corrected chi connectivity index (χ2v) is 7.05. The highest BCUT2D eigenvalue weighted by atomic mass is 19.1. The Morgan fingerprint density at radius 1 is 1.04 bits per heavy atom. The van der Waals surface area contributed by atoms with Crippen LogP contribution in [0.4, 0.5) is 10.1 Å². The molecule has 1 aliphatic rings. The smallest absolute Gasteiger partial charge is 0.290 e. The van der Waals surface area contributed by atoms with Gasteiger partial charge in [-0.3, -0.25) is 9.59 Å². The summed E-state index contributed by atoms with van der Waals surface area (Å²) in [6, 6.07) is 12.1. The number of amides is 1. The molecule has 0 saturated carbocycles. The van der Waals surface area contributed by atoms with E-state index in [1.165, 1.54) is 13.0 Å². The average molecular weight is 380 g/mol. The first-order chi connectivity index (χ1) is 13.5. The van der Waals surface area contributed by atoms with E-state index in [1.54, 1.807) is 17.0 Å². The van der Waals surface area contributed by atoms with Crippen LogP contribution in [0.2, 0.25) is 0 Å². The van der Waals surface area contributed by atoms with Crippen molar-refractivity contribution in [3.8, 4) is 0 Å². The van der Waals surface area contributed by atoms with Crippen molar-refractivity contribution in [2.75, 3.05) is 31.1 Å². The zero-order valence-electron chi connectivity index (χ0n) is 15.9. The number of para-hydroxylation sites is 1. The van der Waals surface area contributed by atoms with Gasteiger partial charge in [-0.25, -0.2) is 4.39 Å². The molecule has 6 heteroatoms. The molecule has 3 aromatic rings. The number of ketones is 1. The van der Waals surface area contributed by atoms with E-state index >= 15 is 0 Å². The van der Waals surface area contributed by atoms with Crippen LogP contribution < -0.4 is 4.90 Å². The number of rotatable bonds is 3. The Hall–Kier alpha value is -3.15. The fourth-order valence-electron chi connectivity index (χ4n) is 3.65. The third-order valence-electron chi connectivity index (χ3n) is 5.30. The first-order valence-electron chi connectivity index (χ1n) is 9.28. The van der Waals surface area contributed by atoms with Gasteiger partial charge in [0.1, 0.15) is 11.4 Å². The molecule has 0 bridgehead atoms. The SMILES string of the molecule is CC(=O)c1ccc(N2CCN(C(=O)c3oc4ccccc4c3C)CC2)c(F)c1. The third-order valence-corrected chi connectivity index (χ3v) is 5.30. The number of hydrogen-bond donors (Lipinski definition) is 0. The molecule has 0 atom stereocenters. The highest BCUT2D eigenvalue weighted by molar-refractivity contribution is 5.99. The van der Waals surface area contributed by atoms with Gasteiger partial charge in [-0.15, -0.1) is 0 Å². The quantitative estimate of drug-likeness (QED) is 0.644. The molecule has 4 rings (SSSR count). The van der Waals surface area contributed by atoms with Crippen LogP contribution in [0, 0.1) is 12.7 Å². The van der Waals surface area contributed by atoms with Crippen molar-refractivity contribution < 1.29 is 18.4 Å². The summed E-state index contributed by atoms with van der Waals surface area (Å²) in [7, 11) is 0. The zero-order chi connectivity index (χ0) is 19.8. The lowest BCUT2D eigenvalue weighted by Gasteiger charge is -2.36. The Morgan fingerprint density at radius 2 is 1.75 bits per heavy atom. The number of anilines is 1. The van der Waals surface area contributed by atoms with Gasteiger partial charge in [0.05, 0.1) is 5.69 Å². The minimum Gasteiger partial charge on any atom is -0.451 e. The van der Waals surface area contributed by atoms with Crippen molar-refractivity contribution in [2.24, 2.45) is 0 Å². The molecule has 0 spiro atoms. The van der Waals surface area contributed by atoms with Crippen molar-refractivity contribution in [1.29, 1.82) is 0 Å². The van der Waals surface area contributed by atoms with E-state index < -0.39 is 5.82 Å². The van der Waals surface area contributed by atoms with Gasteiger partial charge >= 0.3 is 0 Å². The molecule has 1 amide bonds. The Bertz CT molecular complexity index is 1060. The first-order valence-corrected chi connectivity index (χ1v) is 9.28. The van der Waals surface area contributed by atoms with E-state index in [0.29, 0.717) is 48.8 Å². The Kier molecular flexibility index (Phi) is 4.63. The summed E-state index contributed by atoms with van der Waals surface area (Å²) < 4.78 is 20.2. The van der Waals surface area contributed by atoms with Gasteiger partial charge < -0.3 is 14.2 Å². The van der Waals surface area contributed by atoms with Crippen molar-refractivity contribution >= 4 is 28.3 Å². The number of piperazine rings is 1. The monoisotopic (exact) mass is 380 g/mol. The van der Waals surface area contributed by atoms with Gasteiger partial charge in [-0.2, -0.15) is 0 Å². The molecule has 1 aliphatic heterocycles. The standard InChI is InChI=1S/C22H21FN2O3/c1-14-17-5-3-4-6-20(17)28-21(14)22(27)25-11-9-24(10-12-25)19-8-7-16(15(2)26)13-18(19)23/h3-8,13H,9-12H2,1-2H3. The number of carbonyl (C=O) groups excluding carboxylic acids is 2. The first kappa shape index (κ1) is 18.2. The number of benzene rings is 2. The predicted molar refractivity (Wildman–Crippen MR) is 105 cm³/mol.